The maximum atomic E-state index is 5.41. The fourth-order valence-electron chi connectivity index (χ4n) is 1.58. The molecule has 2 rings (SSSR count). The topological polar surface area (TPSA) is 21.3 Å². The summed E-state index contributed by atoms with van der Waals surface area (Å²) in [6.07, 6.45) is 3.02. The molecule has 0 radical (unpaired) electrons. The van der Waals surface area contributed by atoms with E-state index < -0.39 is 0 Å². The van der Waals surface area contributed by atoms with E-state index in [0.717, 1.165) is 13.2 Å². The van der Waals surface area contributed by atoms with Crippen LogP contribution in [0.2, 0.25) is 0 Å². The number of hydrogen-bond donors (Lipinski definition) is 1. The number of hydrogen-bond acceptors (Lipinski definition) is 2. The maximum Gasteiger partial charge on any atom is 0.0740 e. The molecule has 0 aromatic rings. The van der Waals surface area contributed by atoms with Crippen LogP contribution in [0.15, 0.2) is 0 Å². The molecule has 8 heavy (non-hydrogen) atoms. The highest BCUT2D eigenvalue weighted by Crippen LogP contribution is 2.20. The Morgan fingerprint density at radius 3 is 3.25 bits per heavy atom. The summed E-state index contributed by atoms with van der Waals surface area (Å²) in [5.74, 6) is 0. The van der Waals surface area contributed by atoms with Crippen LogP contribution in [0.5, 0.6) is 0 Å². The number of rotatable bonds is 0. The highest BCUT2D eigenvalue weighted by Gasteiger charge is 2.31. The molecule has 0 saturated carbocycles. The molecule has 0 spiro atoms. The lowest BCUT2D eigenvalue weighted by molar-refractivity contribution is 0.112. The molecule has 2 fully saturated rings. The van der Waals surface area contributed by atoms with Crippen LogP contribution in [0, 0.1) is 0 Å². The van der Waals surface area contributed by atoms with Gasteiger partial charge in [0.05, 0.1) is 6.10 Å². The van der Waals surface area contributed by atoms with Crippen LogP contribution < -0.4 is 5.32 Å². The van der Waals surface area contributed by atoms with E-state index in [1.807, 2.05) is 0 Å². The van der Waals surface area contributed by atoms with Gasteiger partial charge in [-0.3, -0.25) is 0 Å². The van der Waals surface area contributed by atoms with Crippen molar-refractivity contribution in [2.24, 2.45) is 0 Å². The van der Waals surface area contributed by atoms with Gasteiger partial charge in [-0.1, -0.05) is 0 Å². The molecule has 46 valence electrons. The van der Waals surface area contributed by atoms with Gasteiger partial charge in [0.15, 0.2) is 0 Å². The second kappa shape index (κ2) is 1.71. The molecule has 0 aliphatic carbocycles. The van der Waals surface area contributed by atoms with Gasteiger partial charge in [-0.2, -0.15) is 0 Å². The van der Waals surface area contributed by atoms with E-state index in [0.29, 0.717) is 12.1 Å². The molecule has 0 amide bonds. The van der Waals surface area contributed by atoms with Crippen LogP contribution in [-0.2, 0) is 4.74 Å². The quantitative estimate of drug-likeness (QED) is 0.482. The Morgan fingerprint density at radius 2 is 2.38 bits per heavy atom. The second-order valence-electron chi connectivity index (χ2n) is 2.55. The predicted octanol–water partition coefficient (Wildman–Crippen LogP) is 0.137. The van der Waals surface area contributed by atoms with Gasteiger partial charge < -0.3 is 10.1 Å². The van der Waals surface area contributed by atoms with Crippen LogP contribution >= 0.6 is 0 Å². The van der Waals surface area contributed by atoms with Crippen molar-refractivity contribution in [1.82, 2.24) is 5.32 Å². The number of nitrogens with one attached hydrogen (secondary N) is 1. The van der Waals surface area contributed by atoms with E-state index in [-0.39, 0.29) is 0 Å². The van der Waals surface area contributed by atoms with E-state index in [2.05, 4.69) is 5.32 Å². The number of ether oxygens (including phenoxy) is 1. The van der Waals surface area contributed by atoms with Crippen molar-refractivity contribution in [2.45, 2.75) is 25.0 Å². The summed E-state index contributed by atoms with van der Waals surface area (Å²) < 4.78 is 5.41. The van der Waals surface area contributed by atoms with Crippen LogP contribution in [-0.4, -0.2) is 25.3 Å². The standard InChI is InChI=1S/C6H11NO/c1-3-7-5-2-4-8-6(1)5/h5-7H,1-4H2/t5-,6-/m1/s1. The third kappa shape index (κ3) is 0.565. The minimum atomic E-state index is 0.565. The van der Waals surface area contributed by atoms with E-state index in [1.165, 1.54) is 12.8 Å². The Kier molecular flexibility index (Phi) is 1.02. The second-order valence-corrected chi connectivity index (χ2v) is 2.55. The molecule has 2 atom stereocenters. The van der Waals surface area contributed by atoms with Crippen molar-refractivity contribution in [3.05, 3.63) is 0 Å². The molecule has 2 nitrogen and oxygen atoms in total. The monoisotopic (exact) mass is 113 g/mol. The van der Waals surface area contributed by atoms with E-state index >= 15 is 0 Å². The normalized spacial score (nSPS) is 45.0. The van der Waals surface area contributed by atoms with Crippen molar-refractivity contribution in [1.29, 1.82) is 0 Å². The molecule has 0 bridgehead atoms. The lowest BCUT2D eigenvalue weighted by Gasteiger charge is -2.04. The van der Waals surface area contributed by atoms with Gasteiger partial charge in [-0.15, -0.1) is 0 Å². The van der Waals surface area contributed by atoms with E-state index in [9.17, 15) is 0 Å². The minimum Gasteiger partial charge on any atom is -0.376 e. The molecular weight excluding hydrogens is 102 g/mol. The first-order valence-corrected chi connectivity index (χ1v) is 3.32. The molecule has 2 saturated heterocycles. The summed E-state index contributed by atoms with van der Waals surface area (Å²) in [5.41, 5.74) is 0. The Morgan fingerprint density at radius 1 is 1.38 bits per heavy atom. The first-order chi connectivity index (χ1) is 3.97. The lowest BCUT2D eigenvalue weighted by Crippen LogP contribution is -2.24. The van der Waals surface area contributed by atoms with Crippen molar-refractivity contribution in [3.63, 3.8) is 0 Å². The van der Waals surface area contributed by atoms with E-state index in [4.69, 9.17) is 4.74 Å². The molecule has 2 heterocycles. The highest BCUT2D eigenvalue weighted by molar-refractivity contribution is 4.88. The van der Waals surface area contributed by atoms with Crippen molar-refractivity contribution < 1.29 is 4.74 Å². The van der Waals surface area contributed by atoms with Crippen LogP contribution in [0.4, 0.5) is 0 Å². The molecular formula is C6H11NO. The summed E-state index contributed by atoms with van der Waals surface area (Å²) in [7, 11) is 0. The Balaban J connectivity index is 2.04. The zero-order valence-electron chi connectivity index (χ0n) is 4.89. The number of fused-ring (bicyclic) bond motifs is 1. The summed E-state index contributed by atoms with van der Waals surface area (Å²) in [4.78, 5) is 0. The molecule has 2 aliphatic heterocycles. The van der Waals surface area contributed by atoms with Crippen LogP contribution in [0.25, 0.3) is 0 Å². The summed E-state index contributed by atoms with van der Waals surface area (Å²) >= 11 is 0. The zero-order valence-corrected chi connectivity index (χ0v) is 4.89. The van der Waals surface area contributed by atoms with Crippen molar-refractivity contribution >= 4 is 0 Å². The summed E-state index contributed by atoms with van der Waals surface area (Å²) in [5, 5.41) is 3.39. The van der Waals surface area contributed by atoms with Gasteiger partial charge >= 0.3 is 0 Å². The SMILES string of the molecule is C1C[C@H]2OCC[C@H]2N1. The van der Waals surface area contributed by atoms with Gasteiger partial charge in [0.25, 0.3) is 0 Å². The van der Waals surface area contributed by atoms with Crippen LogP contribution in [0.1, 0.15) is 12.8 Å². The molecule has 2 heteroatoms. The van der Waals surface area contributed by atoms with Crippen LogP contribution in [0.3, 0.4) is 0 Å². The third-order valence-electron chi connectivity index (χ3n) is 2.04. The average Bonchev–Trinajstić information content (AvgIpc) is 2.15. The first kappa shape index (κ1) is 4.77. The summed E-state index contributed by atoms with van der Waals surface area (Å²) in [6.45, 7) is 2.14. The maximum absolute atomic E-state index is 5.41. The molecule has 0 aromatic heterocycles. The smallest absolute Gasteiger partial charge is 0.0740 e. The van der Waals surface area contributed by atoms with Gasteiger partial charge in [0.1, 0.15) is 0 Å². The molecule has 0 unspecified atom stereocenters. The van der Waals surface area contributed by atoms with Gasteiger partial charge in [0, 0.05) is 12.6 Å². The van der Waals surface area contributed by atoms with Gasteiger partial charge in [0.2, 0.25) is 0 Å². The predicted molar refractivity (Wildman–Crippen MR) is 30.8 cm³/mol. The van der Waals surface area contributed by atoms with Crippen molar-refractivity contribution in [3.8, 4) is 0 Å². The Labute approximate surface area is 49.2 Å². The fourth-order valence-corrected chi connectivity index (χ4v) is 1.58. The van der Waals surface area contributed by atoms with Gasteiger partial charge in [-0.05, 0) is 19.4 Å². The summed E-state index contributed by atoms with van der Waals surface area (Å²) in [6, 6.07) is 0.704. The van der Waals surface area contributed by atoms with Crippen molar-refractivity contribution in [2.75, 3.05) is 13.2 Å². The van der Waals surface area contributed by atoms with E-state index in [1.54, 1.807) is 0 Å². The highest BCUT2D eigenvalue weighted by atomic mass is 16.5. The zero-order chi connectivity index (χ0) is 5.40. The molecule has 0 aromatic carbocycles. The van der Waals surface area contributed by atoms with Gasteiger partial charge in [-0.25, -0.2) is 0 Å². The molecule has 1 N–H and O–H groups in total. The molecule has 2 aliphatic rings. The minimum absolute atomic E-state index is 0.565. The first-order valence-electron chi connectivity index (χ1n) is 3.32. The average molecular weight is 113 g/mol. The largest absolute Gasteiger partial charge is 0.376 e. The third-order valence-corrected chi connectivity index (χ3v) is 2.04. The Bertz CT molecular complexity index is 74.5. The fraction of sp³-hybridized carbons (Fsp3) is 1.00. The Hall–Kier alpha value is -0.0800. The lowest BCUT2D eigenvalue weighted by atomic mass is 10.2.